The highest BCUT2D eigenvalue weighted by molar-refractivity contribution is 5.84. The second-order valence-corrected chi connectivity index (χ2v) is 5.00. The topological polar surface area (TPSA) is 66.8 Å². The second-order valence-electron chi connectivity index (χ2n) is 5.00. The van der Waals surface area contributed by atoms with Crippen LogP contribution in [0.1, 0.15) is 25.3 Å². The van der Waals surface area contributed by atoms with Crippen molar-refractivity contribution in [1.29, 1.82) is 0 Å². The van der Waals surface area contributed by atoms with Crippen LogP contribution in [0, 0.1) is 0 Å². The Labute approximate surface area is 120 Å². The van der Waals surface area contributed by atoms with Gasteiger partial charge in [0.2, 0.25) is 6.41 Å². The van der Waals surface area contributed by atoms with Crippen LogP contribution < -0.4 is 4.74 Å². The highest BCUT2D eigenvalue weighted by atomic mass is 19.3. The lowest BCUT2D eigenvalue weighted by Gasteiger charge is -2.36. The number of benzene rings is 1. The fourth-order valence-corrected chi connectivity index (χ4v) is 2.34. The van der Waals surface area contributed by atoms with Crippen molar-refractivity contribution in [3.8, 4) is 5.75 Å². The summed E-state index contributed by atoms with van der Waals surface area (Å²) in [5, 5.41) is 9.58. The number of carboxylic acid groups (broad SMARTS) is 1. The molecule has 114 valence electrons. The van der Waals surface area contributed by atoms with E-state index in [1.807, 2.05) is 0 Å². The molecule has 1 fully saturated rings. The number of aliphatic carboxylic acids is 1. The Morgan fingerprint density at radius 2 is 2.10 bits per heavy atom. The van der Waals surface area contributed by atoms with E-state index in [0.29, 0.717) is 19.3 Å². The molecule has 1 unspecified atom stereocenters. The van der Waals surface area contributed by atoms with Crippen LogP contribution in [-0.4, -0.2) is 35.0 Å². The minimum Gasteiger partial charge on any atom is -0.479 e. The Balaban J connectivity index is 2.52. The maximum absolute atomic E-state index is 12.5. The number of rotatable bonds is 7. The predicted molar refractivity (Wildman–Crippen MR) is 69.0 cm³/mol. The van der Waals surface area contributed by atoms with Gasteiger partial charge in [-0.05, 0) is 25.8 Å². The lowest BCUT2D eigenvalue weighted by atomic mass is 9.89. The zero-order valence-electron chi connectivity index (χ0n) is 11.3. The summed E-state index contributed by atoms with van der Waals surface area (Å²) in [6.45, 7) is -1.76. The Bertz CT molecular complexity index is 548. The van der Waals surface area contributed by atoms with Gasteiger partial charge in [0.1, 0.15) is 5.75 Å². The van der Waals surface area contributed by atoms with E-state index < -0.39 is 18.1 Å². The predicted octanol–water partition coefficient (Wildman–Crippen LogP) is 2.21. The number of carbonyl (C=O) groups is 2. The maximum Gasteiger partial charge on any atom is 0.387 e. The number of halogens is 2. The molecule has 0 radical (unpaired) electrons. The standard InChI is InChI=1S/C14H15F2NO4/c1-14(12(19)20,17(8-18)9-6-7-9)10-4-2-3-5-11(10)21-13(15)16/h2-5,8-9,13H,6-7H2,1H3,(H,19,20). The molecular formula is C14H15F2NO4. The number of para-hydroxylation sites is 1. The molecule has 1 N–H and O–H groups in total. The lowest BCUT2D eigenvalue weighted by molar-refractivity contribution is -0.155. The number of nitrogens with zero attached hydrogens (tertiary/aromatic N) is 1. The van der Waals surface area contributed by atoms with Gasteiger partial charge in [0.15, 0.2) is 5.54 Å². The average Bonchev–Trinajstić information content (AvgIpc) is 3.23. The van der Waals surface area contributed by atoms with Crippen molar-refractivity contribution in [3.05, 3.63) is 29.8 Å². The molecule has 2 rings (SSSR count). The molecule has 5 nitrogen and oxygen atoms in total. The van der Waals surface area contributed by atoms with E-state index in [0.717, 1.165) is 4.90 Å². The summed E-state index contributed by atoms with van der Waals surface area (Å²) in [7, 11) is 0. The molecule has 1 atom stereocenters. The smallest absolute Gasteiger partial charge is 0.387 e. The number of alkyl halides is 2. The Morgan fingerprint density at radius 1 is 1.48 bits per heavy atom. The second kappa shape index (κ2) is 5.67. The quantitative estimate of drug-likeness (QED) is 0.784. The molecule has 7 heteroatoms. The summed E-state index contributed by atoms with van der Waals surface area (Å²) in [6, 6.07) is 5.43. The molecule has 1 aromatic rings. The summed E-state index contributed by atoms with van der Waals surface area (Å²) in [6.07, 6.45) is 1.84. The molecule has 0 saturated heterocycles. The van der Waals surface area contributed by atoms with Gasteiger partial charge in [0.25, 0.3) is 0 Å². The van der Waals surface area contributed by atoms with E-state index >= 15 is 0 Å². The van der Waals surface area contributed by atoms with Crippen molar-refractivity contribution < 1.29 is 28.2 Å². The monoisotopic (exact) mass is 299 g/mol. The fourth-order valence-electron chi connectivity index (χ4n) is 2.34. The van der Waals surface area contributed by atoms with E-state index in [2.05, 4.69) is 4.74 Å². The molecule has 1 saturated carbocycles. The zero-order valence-corrected chi connectivity index (χ0v) is 11.3. The Hall–Kier alpha value is -2.18. The molecule has 0 aromatic heterocycles. The van der Waals surface area contributed by atoms with Crippen molar-refractivity contribution in [3.63, 3.8) is 0 Å². The van der Waals surface area contributed by atoms with Crippen LogP contribution in [0.4, 0.5) is 8.78 Å². The van der Waals surface area contributed by atoms with Gasteiger partial charge < -0.3 is 14.7 Å². The number of hydrogen-bond acceptors (Lipinski definition) is 3. The zero-order chi connectivity index (χ0) is 15.6. The molecule has 1 amide bonds. The highest BCUT2D eigenvalue weighted by Crippen LogP contribution is 2.41. The van der Waals surface area contributed by atoms with Gasteiger partial charge in [-0.3, -0.25) is 4.79 Å². The SMILES string of the molecule is CC(C(=O)O)(c1ccccc1OC(F)F)N(C=O)C1CC1. The van der Waals surface area contributed by atoms with E-state index in [9.17, 15) is 23.5 Å². The van der Waals surface area contributed by atoms with E-state index in [1.54, 1.807) is 0 Å². The Kier molecular flexibility index (Phi) is 4.11. The number of carbonyl (C=O) groups excluding carboxylic acids is 1. The first-order valence-corrected chi connectivity index (χ1v) is 6.42. The molecular weight excluding hydrogens is 284 g/mol. The minimum atomic E-state index is -3.07. The van der Waals surface area contributed by atoms with Gasteiger partial charge in [-0.2, -0.15) is 8.78 Å². The van der Waals surface area contributed by atoms with Crippen molar-refractivity contribution in [2.45, 2.75) is 38.0 Å². The van der Waals surface area contributed by atoms with E-state index in [1.165, 1.54) is 31.2 Å². The number of hydrogen-bond donors (Lipinski definition) is 1. The van der Waals surface area contributed by atoms with Gasteiger partial charge in [-0.1, -0.05) is 18.2 Å². The minimum absolute atomic E-state index is 0.0248. The third-order valence-electron chi connectivity index (χ3n) is 3.61. The van der Waals surface area contributed by atoms with Crippen LogP contribution in [0.5, 0.6) is 5.75 Å². The summed E-state index contributed by atoms with van der Waals surface area (Å²) < 4.78 is 29.4. The van der Waals surface area contributed by atoms with Crippen LogP contribution >= 0.6 is 0 Å². The van der Waals surface area contributed by atoms with Crippen LogP contribution in [0.15, 0.2) is 24.3 Å². The maximum atomic E-state index is 12.5. The first kappa shape index (κ1) is 15.2. The van der Waals surface area contributed by atoms with Crippen molar-refractivity contribution in [2.75, 3.05) is 0 Å². The third kappa shape index (κ3) is 2.81. The fraction of sp³-hybridized carbons (Fsp3) is 0.429. The van der Waals surface area contributed by atoms with Gasteiger partial charge in [0, 0.05) is 11.6 Å². The van der Waals surface area contributed by atoms with Crippen molar-refractivity contribution >= 4 is 12.4 Å². The normalized spacial score (nSPS) is 17.1. The van der Waals surface area contributed by atoms with E-state index in [4.69, 9.17) is 0 Å². The van der Waals surface area contributed by atoms with Crippen molar-refractivity contribution in [2.24, 2.45) is 0 Å². The molecule has 1 aliphatic rings. The highest BCUT2D eigenvalue weighted by Gasteiger charge is 2.48. The average molecular weight is 299 g/mol. The molecule has 0 heterocycles. The Morgan fingerprint density at radius 3 is 2.57 bits per heavy atom. The van der Waals surface area contributed by atoms with Gasteiger partial charge in [-0.15, -0.1) is 0 Å². The third-order valence-corrected chi connectivity index (χ3v) is 3.61. The van der Waals surface area contributed by atoms with Crippen LogP contribution in [0.25, 0.3) is 0 Å². The largest absolute Gasteiger partial charge is 0.479 e. The van der Waals surface area contributed by atoms with E-state index in [-0.39, 0.29) is 17.4 Å². The first-order chi connectivity index (χ1) is 9.91. The summed E-state index contributed by atoms with van der Waals surface area (Å²) in [5.41, 5.74) is -1.73. The number of ether oxygens (including phenoxy) is 1. The van der Waals surface area contributed by atoms with Gasteiger partial charge in [0.05, 0.1) is 0 Å². The molecule has 1 aromatic carbocycles. The lowest BCUT2D eigenvalue weighted by Crippen LogP contribution is -2.50. The number of carboxylic acids is 1. The van der Waals surface area contributed by atoms with Crippen LogP contribution in [-0.2, 0) is 15.1 Å². The molecule has 0 aliphatic heterocycles. The summed E-state index contributed by atoms with van der Waals surface area (Å²) in [5.74, 6) is -1.54. The molecule has 0 spiro atoms. The van der Waals surface area contributed by atoms with Gasteiger partial charge >= 0.3 is 12.6 Å². The summed E-state index contributed by atoms with van der Waals surface area (Å²) >= 11 is 0. The molecule has 1 aliphatic carbocycles. The van der Waals surface area contributed by atoms with Gasteiger partial charge in [-0.25, -0.2) is 4.79 Å². The van der Waals surface area contributed by atoms with Crippen LogP contribution in [0.3, 0.4) is 0 Å². The first-order valence-electron chi connectivity index (χ1n) is 6.42. The van der Waals surface area contributed by atoms with Crippen LogP contribution in [0.2, 0.25) is 0 Å². The van der Waals surface area contributed by atoms with Crippen molar-refractivity contribution in [1.82, 2.24) is 4.90 Å². The molecule has 21 heavy (non-hydrogen) atoms. The molecule has 0 bridgehead atoms. The number of amides is 1. The summed E-state index contributed by atoms with van der Waals surface area (Å²) in [4.78, 5) is 24.2.